The molecule has 0 aliphatic heterocycles. The van der Waals surface area contributed by atoms with Gasteiger partial charge in [0.05, 0.1) is 6.04 Å². The fourth-order valence-corrected chi connectivity index (χ4v) is 4.38. The van der Waals surface area contributed by atoms with Crippen LogP contribution >= 0.6 is 0 Å². The molecule has 12 nitrogen and oxygen atoms in total. The molecule has 42 heavy (non-hydrogen) atoms. The Balaban J connectivity index is 2.14. The number of unbranched alkanes of at least 4 members (excludes halogenated alkanes) is 2. The van der Waals surface area contributed by atoms with E-state index in [1.165, 1.54) is 12.1 Å². The van der Waals surface area contributed by atoms with Crippen molar-refractivity contribution in [1.82, 2.24) is 16.0 Å². The highest BCUT2D eigenvalue weighted by molar-refractivity contribution is 5.94. The van der Waals surface area contributed by atoms with E-state index < -0.39 is 47.9 Å². The van der Waals surface area contributed by atoms with Crippen LogP contribution in [0.5, 0.6) is 5.75 Å². The van der Waals surface area contributed by atoms with Crippen LogP contribution in [-0.2, 0) is 32.0 Å². The van der Waals surface area contributed by atoms with Crippen LogP contribution < -0.4 is 33.2 Å². The Bertz CT molecular complexity index is 1130. The van der Waals surface area contributed by atoms with Gasteiger partial charge in [0.25, 0.3) is 0 Å². The van der Waals surface area contributed by atoms with Gasteiger partial charge in [-0.2, -0.15) is 0 Å². The standard InChI is InChI=1S/C30H44N6O6/c31-16-6-4-10-24(34-27(38)23(33)18-20-8-2-1-3-9-20)28(39)35-25(11-5-7-17-32)29(40)36-26(30(41)42)19-21-12-14-22(37)15-13-21/h1-3,8-9,12-15,23-26,37H,4-7,10-11,16-19,31-33H2,(H,34,38)(H,35,39)(H,36,40)(H,41,42). The van der Waals surface area contributed by atoms with Crippen molar-refractivity contribution < 1.29 is 29.4 Å². The normalized spacial score (nSPS) is 13.8. The van der Waals surface area contributed by atoms with Crippen molar-refractivity contribution in [1.29, 1.82) is 0 Å². The molecule has 3 amide bonds. The first-order valence-electron chi connectivity index (χ1n) is 14.3. The number of carboxylic acids is 1. The average Bonchev–Trinajstić information content (AvgIpc) is 2.97. The summed E-state index contributed by atoms with van der Waals surface area (Å²) in [7, 11) is 0. The van der Waals surface area contributed by atoms with Gasteiger partial charge in [-0.15, -0.1) is 0 Å². The topological polar surface area (TPSA) is 223 Å². The molecule has 11 N–H and O–H groups in total. The Morgan fingerprint density at radius 3 is 1.62 bits per heavy atom. The summed E-state index contributed by atoms with van der Waals surface area (Å²) in [6.07, 6.45) is 3.05. The third-order valence-corrected chi connectivity index (χ3v) is 6.79. The lowest BCUT2D eigenvalue weighted by Crippen LogP contribution is -2.57. The van der Waals surface area contributed by atoms with Gasteiger partial charge in [-0.05, 0) is 81.3 Å². The fraction of sp³-hybridized carbons (Fsp3) is 0.467. The maximum absolute atomic E-state index is 13.4. The Morgan fingerprint density at radius 2 is 1.12 bits per heavy atom. The second-order valence-corrected chi connectivity index (χ2v) is 10.3. The highest BCUT2D eigenvalue weighted by atomic mass is 16.4. The maximum atomic E-state index is 13.4. The largest absolute Gasteiger partial charge is 0.508 e. The molecule has 0 aliphatic rings. The van der Waals surface area contributed by atoms with E-state index in [-0.39, 0.29) is 31.4 Å². The predicted molar refractivity (Wildman–Crippen MR) is 159 cm³/mol. The molecule has 0 saturated carbocycles. The summed E-state index contributed by atoms with van der Waals surface area (Å²) in [5.74, 6) is -2.96. The van der Waals surface area contributed by atoms with Gasteiger partial charge >= 0.3 is 5.97 Å². The number of aromatic hydroxyl groups is 1. The summed E-state index contributed by atoms with van der Waals surface area (Å²) < 4.78 is 0. The van der Waals surface area contributed by atoms with Gasteiger partial charge < -0.3 is 43.4 Å². The number of phenols is 1. The molecule has 230 valence electrons. The minimum atomic E-state index is -1.27. The van der Waals surface area contributed by atoms with Crippen LogP contribution in [-0.4, -0.2) is 71.2 Å². The third-order valence-electron chi connectivity index (χ3n) is 6.79. The van der Waals surface area contributed by atoms with Gasteiger partial charge in [-0.25, -0.2) is 4.79 Å². The Hall–Kier alpha value is -4.00. The number of benzene rings is 2. The number of carboxylic acid groups (broad SMARTS) is 1. The molecule has 4 atom stereocenters. The van der Waals surface area contributed by atoms with Crippen LogP contribution in [0.15, 0.2) is 54.6 Å². The lowest BCUT2D eigenvalue weighted by Gasteiger charge is -2.25. The number of rotatable bonds is 19. The van der Waals surface area contributed by atoms with E-state index in [9.17, 15) is 29.4 Å². The summed E-state index contributed by atoms with van der Waals surface area (Å²) in [6, 6.07) is 11.1. The minimum absolute atomic E-state index is 0.0259. The van der Waals surface area contributed by atoms with E-state index in [2.05, 4.69) is 16.0 Å². The number of amides is 3. The van der Waals surface area contributed by atoms with Gasteiger partial charge in [-0.1, -0.05) is 42.5 Å². The van der Waals surface area contributed by atoms with Gasteiger partial charge in [0.15, 0.2) is 0 Å². The number of nitrogens with one attached hydrogen (secondary N) is 3. The van der Waals surface area contributed by atoms with Crippen molar-refractivity contribution in [3.8, 4) is 5.75 Å². The van der Waals surface area contributed by atoms with E-state index in [1.807, 2.05) is 30.3 Å². The van der Waals surface area contributed by atoms with Crippen molar-refractivity contribution in [3.63, 3.8) is 0 Å². The van der Waals surface area contributed by atoms with E-state index in [4.69, 9.17) is 17.2 Å². The number of aliphatic carboxylic acids is 1. The molecule has 0 bridgehead atoms. The molecule has 0 spiro atoms. The summed E-state index contributed by atoms with van der Waals surface area (Å²) in [5, 5.41) is 27.2. The molecule has 0 aliphatic carbocycles. The molecule has 12 heteroatoms. The quantitative estimate of drug-likeness (QED) is 0.106. The predicted octanol–water partition coefficient (Wildman–Crippen LogP) is 0.302. The molecule has 0 aromatic heterocycles. The summed E-state index contributed by atoms with van der Waals surface area (Å²) in [4.78, 5) is 51.5. The lowest BCUT2D eigenvalue weighted by atomic mass is 10.0. The molecule has 0 radical (unpaired) electrons. The van der Waals surface area contributed by atoms with Crippen molar-refractivity contribution in [3.05, 3.63) is 65.7 Å². The maximum Gasteiger partial charge on any atom is 0.326 e. The van der Waals surface area contributed by atoms with E-state index in [0.717, 1.165) is 5.56 Å². The SMILES string of the molecule is NCCCCC(NC(=O)C(N)Cc1ccccc1)C(=O)NC(CCCCN)C(=O)NC(Cc1ccc(O)cc1)C(=O)O. The number of nitrogens with two attached hydrogens (primary N) is 3. The first-order chi connectivity index (χ1) is 20.1. The molecule has 2 rings (SSSR count). The van der Waals surface area contributed by atoms with Crippen LogP contribution in [0.25, 0.3) is 0 Å². The summed E-state index contributed by atoms with van der Waals surface area (Å²) in [5.41, 5.74) is 18.8. The highest BCUT2D eigenvalue weighted by Gasteiger charge is 2.30. The van der Waals surface area contributed by atoms with Crippen LogP contribution in [0, 0.1) is 0 Å². The monoisotopic (exact) mass is 584 g/mol. The number of hydrogen-bond donors (Lipinski definition) is 8. The average molecular weight is 585 g/mol. The smallest absolute Gasteiger partial charge is 0.326 e. The van der Waals surface area contributed by atoms with Crippen LogP contribution in [0.4, 0.5) is 0 Å². The fourth-order valence-electron chi connectivity index (χ4n) is 4.38. The second kappa shape index (κ2) is 18.4. The van der Waals surface area contributed by atoms with Gasteiger partial charge in [0.1, 0.15) is 23.9 Å². The Kier molecular flexibility index (Phi) is 15.0. The zero-order valence-corrected chi connectivity index (χ0v) is 23.8. The number of carbonyl (C=O) groups is 4. The van der Waals surface area contributed by atoms with Crippen LogP contribution in [0.3, 0.4) is 0 Å². The molecule has 4 unspecified atom stereocenters. The van der Waals surface area contributed by atoms with Gasteiger partial charge in [0.2, 0.25) is 17.7 Å². The highest BCUT2D eigenvalue weighted by Crippen LogP contribution is 2.12. The van der Waals surface area contributed by atoms with Crippen LogP contribution in [0.2, 0.25) is 0 Å². The summed E-state index contributed by atoms with van der Waals surface area (Å²) in [6.45, 7) is 0.801. The molecular weight excluding hydrogens is 540 g/mol. The van der Waals surface area contributed by atoms with Crippen LogP contribution in [0.1, 0.15) is 49.7 Å². The Labute approximate surface area is 246 Å². The first-order valence-corrected chi connectivity index (χ1v) is 14.3. The molecule has 0 fully saturated rings. The molecule has 2 aromatic carbocycles. The lowest BCUT2D eigenvalue weighted by molar-refractivity contribution is -0.142. The van der Waals surface area contributed by atoms with E-state index in [1.54, 1.807) is 12.1 Å². The van der Waals surface area contributed by atoms with Crippen molar-refractivity contribution >= 4 is 23.7 Å². The van der Waals surface area contributed by atoms with Crippen molar-refractivity contribution in [2.45, 2.75) is 75.5 Å². The molecular formula is C30H44N6O6. The Morgan fingerprint density at radius 1 is 0.643 bits per heavy atom. The summed E-state index contributed by atoms with van der Waals surface area (Å²) >= 11 is 0. The number of phenolic OH excluding ortho intramolecular Hbond substituents is 1. The number of hydrogen-bond acceptors (Lipinski definition) is 8. The molecule has 0 heterocycles. The zero-order chi connectivity index (χ0) is 30.9. The first kappa shape index (κ1) is 34.2. The van der Waals surface area contributed by atoms with Gasteiger partial charge in [0, 0.05) is 6.42 Å². The molecule has 2 aromatic rings. The van der Waals surface area contributed by atoms with Crippen molar-refractivity contribution in [2.75, 3.05) is 13.1 Å². The minimum Gasteiger partial charge on any atom is -0.508 e. The number of carbonyl (C=O) groups excluding carboxylic acids is 3. The second-order valence-electron chi connectivity index (χ2n) is 10.3. The van der Waals surface area contributed by atoms with Gasteiger partial charge in [-0.3, -0.25) is 14.4 Å². The zero-order valence-electron chi connectivity index (χ0n) is 23.8. The van der Waals surface area contributed by atoms with E-state index >= 15 is 0 Å². The van der Waals surface area contributed by atoms with E-state index in [0.29, 0.717) is 44.3 Å². The third kappa shape index (κ3) is 12.2. The molecule has 0 saturated heterocycles. The van der Waals surface area contributed by atoms with Crippen molar-refractivity contribution in [2.24, 2.45) is 17.2 Å².